The van der Waals surface area contributed by atoms with Gasteiger partial charge in [0.05, 0.1) is 0 Å². The number of nitrogens with zero attached hydrogens (tertiary/aromatic N) is 1. The van der Waals surface area contributed by atoms with Gasteiger partial charge in [-0.15, -0.1) is 0 Å². The van der Waals surface area contributed by atoms with E-state index in [-0.39, 0.29) is 0 Å². The fraction of sp³-hybridized carbons (Fsp3) is 0.650. The maximum Gasteiger partial charge on any atom is 0.118 e. The van der Waals surface area contributed by atoms with Crippen LogP contribution in [-0.2, 0) is 0 Å². The molecule has 0 fully saturated rings. The van der Waals surface area contributed by atoms with Gasteiger partial charge in [-0.2, -0.15) is 0 Å². The highest BCUT2D eigenvalue weighted by Gasteiger charge is 1.95. The van der Waals surface area contributed by atoms with Gasteiger partial charge >= 0.3 is 0 Å². The van der Waals surface area contributed by atoms with Crippen LogP contribution in [0.25, 0.3) is 0 Å². The summed E-state index contributed by atoms with van der Waals surface area (Å²) in [6.45, 7) is 5.09. The summed E-state index contributed by atoms with van der Waals surface area (Å²) in [4.78, 5) is 4.47. The monoisotopic (exact) mass is 303 g/mol. The van der Waals surface area contributed by atoms with Crippen molar-refractivity contribution in [3.63, 3.8) is 0 Å². The number of hydrogen-bond acceptors (Lipinski definition) is 2. The molecule has 2 heteroatoms. The molecule has 1 rings (SSSR count). The second-order valence-corrected chi connectivity index (χ2v) is 6.26. The lowest BCUT2D eigenvalue weighted by Gasteiger charge is -2.01. The van der Waals surface area contributed by atoms with Crippen molar-refractivity contribution in [2.24, 2.45) is 4.99 Å². The maximum atomic E-state index is 9.47. The molecule has 0 atom stereocenters. The summed E-state index contributed by atoms with van der Waals surface area (Å²) in [5.41, 5.74) is 1.98. The van der Waals surface area contributed by atoms with E-state index in [1.165, 1.54) is 64.2 Å². The van der Waals surface area contributed by atoms with E-state index < -0.39 is 0 Å². The zero-order chi connectivity index (χ0) is 16.0. The third kappa shape index (κ3) is 8.86. The fourth-order valence-corrected chi connectivity index (χ4v) is 2.62. The summed E-state index contributed by atoms with van der Waals surface area (Å²) in [6.07, 6.45) is 15.5. The number of aromatic hydroxyl groups is 1. The topological polar surface area (TPSA) is 32.6 Å². The molecule has 22 heavy (non-hydrogen) atoms. The third-order valence-electron chi connectivity index (χ3n) is 4.10. The number of phenols is 1. The smallest absolute Gasteiger partial charge is 0.118 e. The molecule has 0 aliphatic heterocycles. The van der Waals surface area contributed by atoms with Crippen LogP contribution < -0.4 is 0 Å². The molecule has 0 bridgehead atoms. The van der Waals surface area contributed by atoms with Crippen molar-refractivity contribution in [3.05, 3.63) is 29.3 Å². The first-order chi connectivity index (χ1) is 10.7. The lowest BCUT2D eigenvalue weighted by atomic mass is 10.1. The van der Waals surface area contributed by atoms with Crippen LogP contribution in [0.5, 0.6) is 5.75 Å². The van der Waals surface area contributed by atoms with Gasteiger partial charge in [0.25, 0.3) is 0 Å². The van der Waals surface area contributed by atoms with E-state index in [0.717, 1.165) is 17.7 Å². The lowest BCUT2D eigenvalue weighted by molar-refractivity contribution is 0.471. The number of phenolic OH excluding ortho intramolecular Hbond substituents is 1. The summed E-state index contributed by atoms with van der Waals surface area (Å²) < 4.78 is 0. The van der Waals surface area contributed by atoms with Gasteiger partial charge in [0.15, 0.2) is 0 Å². The second kappa shape index (κ2) is 12.3. The quantitative estimate of drug-likeness (QED) is 0.370. The summed E-state index contributed by atoms with van der Waals surface area (Å²) in [6, 6.07) is 5.61. The first-order valence-electron chi connectivity index (χ1n) is 9.03. The first-order valence-corrected chi connectivity index (χ1v) is 9.03. The molecule has 0 aliphatic carbocycles. The second-order valence-electron chi connectivity index (χ2n) is 6.26. The SMILES string of the molecule is CCCCCCCCCCCC/N=C/c1ccc(O)c(C)c1. The first kappa shape index (κ1) is 18.7. The number of unbranched alkanes of at least 4 members (excludes halogenated alkanes) is 9. The molecule has 0 aromatic heterocycles. The van der Waals surface area contributed by atoms with Gasteiger partial charge in [-0.05, 0) is 42.7 Å². The van der Waals surface area contributed by atoms with Crippen LogP contribution in [-0.4, -0.2) is 17.9 Å². The molecular formula is C20H33NO. The normalized spacial score (nSPS) is 11.4. The lowest BCUT2D eigenvalue weighted by Crippen LogP contribution is -1.87. The van der Waals surface area contributed by atoms with Crippen LogP contribution in [0.15, 0.2) is 23.2 Å². The highest BCUT2D eigenvalue weighted by Crippen LogP contribution is 2.16. The van der Waals surface area contributed by atoms with Crippen molar-refractivity contribution in [3.8, 4) is 5.75 Å². The summed E-state index contributed by atoms with van der Waals surface area (Å²) in [5, 5.41) is 9.47. The average molecular weight is 303 g/mol. The maximum absolute atomic E-state index is 9.47. The molecule has 0 heterocycles. The Hall–Kier alpha value is -1.31. The minimum Gasteiger partial charge on any atom is -0.508 e. The predicted molar refractivity (Wildman–Crippen MR) is 97.1 cm³/mol. The van der Waals surface area contributed by atoms with E-state index >= 15 is 0 Å². The van der Waals surface area contributed by atoms with Gasteiger partial charge in [0, 0.05) is 12.8 Å². The minimum absolute atomic E-state index is 0.354. The fourth-order valence-electron chi connectivity index (χ4n) is 2.62. The van der Waals surface area contributed by atoms with Gasteiger partial charge in [-0.3, -0.25) is 4.99 Å². The van der Waals surface area contributed by atoms with E-state index in [1.54, 1.807) is 6.07 Å². The molecule has 0 saturated heterocycles. The van der Waals surface area contributed by atoms with Crippen molar-refractivity contribution in [1.29, 1.82) is 0 Å². The van der Waals surface area contributed by atoms with E-state index in [0.29, 0.717) is 5.75 Å². The minimum atomic E-state index is 0.354. The number of benzene rings is 1. The molecule has 0 saturated carbocycles. The highest BCUT2D eigenvalue weighted by atomic mass is 16.3. The van der Waals surface area contributed by atoms with Gasteiger partial charge < -0.3 is 5.11 Å². The number of aryl methyl sites for hydroxylation is 1. The Morgan fingerprint density at radius 1 is 0.909 bits per heavy atom. The Balaban J connectivity index is 1.96. The Kier molecular flexibility index (Phi) is 10.4. The zero-order valence-corrected chi connectivity index (χ0v) is 14.5. The van der Waals surface area contributed by atoms with Gasteiger partial charge in [0.2, 0.25) is 0 Å². The van der Waals surface area contributed by atoms with Gasteiger partial charge in [-0.1, -0.05) is 64.7 Å². The number of hydrogen-bond donors (Lipinski definition) is 1. The Bertz CT molecular complexity index is 426. The van der Waals surface area contributed by atoms with E-state index in [4.69, 9.17) is 0 Å². The van der Waals surface area contributed by atoms with Crippen LogP contribution in [0.2, 0.25) is 0 Å². The Morgan fingerprint density at radius 3 is 2.09 bits per heavy atom. The molecule has 0 radical (unpaired) electrons. The van der Waals surface area contributed by atoms with Crippen molar-refractivity contribution >= 4 is 6.21 Å². The summed E-state index contributed by atoms with van der Waals surface area (Å²) in [5.74, 6) is 0.354. The van der Waals surface area contributed by atoms with Crippen LogP contribution in [0.3, 0.4) is 0 Å². The molecular weight excluding hydrogens is 270 g/mol. The molecule has 1 N–H and O–H groups in total. The molecule has 2 nitrogen and oxygen atoms in total. The largest absolute Gasteiger partial charge is 0.508 e. The van der Waals surface area contributed by atoms with Crippen molar-refractivity contribution in [2.75, 3.05) is 6.54 Å². The molecule has 1 aromatic carbocycles. The molecule has 0 amide bonds. The molecule has 124 valence electrons. The molecule has 0 spiro atoms. The van der Waals surface area contributed by atoms with Crippen LogP contribution in [0, 0.1) is 6.92 Å². The van der Waals surface area contributed by atoms with Crippen molar-refractivity contribution < 1.29 is 5.11 Å². The van der Waals surface area contributed by atoms with Crippen molar-refractivity contribution in [2.45, 2.75) is 78.1 Å². The number of rotatable bonds is 12. The molecule has 0 unspecified atom stereocenters. The molecule has 0 aliphatic rings. The van der Waals surface area contributed by atoms with Gasteiger partial charge in [0.1, 0.15) is 5.75 Å². The third-order valence-corrected chi connectivity index (χ3v) is 4.10. The van der Waals surface area contributed by atoms with Crippen LogP contribution >= 0.6 is 0 Å². The van der Waals surface area contributed by atoms with E-state index in [2.05, 4.69) is 11.9 Å². The number of aliphatic imine (C=N–C) groups is 1. The average Bonchev–Trinajstić information content (AvgIpc) is 2.52. The van der Waals surface area contributed by atoms with Crippen LogP contribution in [0.4, 0.5) is 0 Å². The highest BCUT2D eigenvalue weighted by molar-refractivity contribution is 5.80. The van der Waals surface area contributed by atoms with Crippen molar-refractivity contribution in [1.82, 2.24) is 0 Å². The summed E-state index contributed by atoms with van der Waals surface area (Å²) >= 11 is 0. The Labute approximate surface area is 136 Å². The summed E-state index contributed by atoms with van der Waals surface area (Å²) in [7, 11) is 0. The van der Waals surface area contributed by atoms with E-state index in [1.807, 2.05) is 25.3 Å². The Morgan fingerprint density at radius 2 is 1.50 bits per heavy atom. The standard InChI is InChI=1S/C20H33NO/c1-3-4-5-6-7-8-9-10-11-12-15-21-17-19-13-14-20(22)18(2)16-19/h13-14,16-17,22H,3-12,15H2,1-2H3/b21-17+. The zero-order valence-electron chi connectivity index (χ0n) is 14.5. The van der Waals surface area contributed by atoms with Crippen LogP contribution in [0.1, 0.15) is 82.3 Å². The van der Waals surface area contributed by atoms with Gasteiger partial charge in [-0.25, -0.2) is 0 Å². The van der Waals surface area contributed by atoms with E-state index in [9.17, 15) is 5.11 Å². The predicted octanol–water partition coefficient (Wildman–Crippen LogP) is 6.04. The molecule has 1 aromatic rings.